The highest BCUT2D eigenvalue weighted by atomic mass is 19.4. The monoisotopic (exact) mass is 477 g/mol. The van der Waals surface area contributed by atoms with Crippen molar-refractivity contribution in [3.05, 3.63) is 58.3 Å². The van der Waals surface area contributed by atoms with Gasteiger partial charge in [0.25, 0.3) is 5.91 Å². The maximum atomic E-state index is 13.8. The second-order valence-corrected chi connectivity index (χ2v) is 8.94. The fraction of sp³-hybridized carbons (Fsp3) is 0.455. The van der Waals surface area contributed by atoms with E-state index in [1.807, 2.05) is 6.92 Å². The molecule has 0 aromatic carbocycles. The van der Waals surface area contributed by atoms with Gasteiger partial charge < -0.3 is 10.2 Å². The third-order valence-corrected chi connectivity index (χ3v) is 6.55. The summed E-state index contributed by atoms with van der Waals surface area (Å²) < 4.78 is 53.6. The lowest BCUT2D eigenvalue weighted by Crippen LogP contribution is -2.66. The lowest BCUT2D eigenvalue weighted by Gasteiger charge is -2.45. The van der Waals surface area contributed by atoms with Crippen molar-refractivity contribution in [3.63, 3.8) is 0 Å². The zero-order chi connectivity index (χ0) is 24.3. The van der Waals surface area contributed by atoms with E-state index < -0.39 is 24.9 Å². The zero-order valence-electron chi connectivity index (χ0n) is 18.6. The van der Waals surface area contributed by atoms with Crippen LogP contribution in [0.4, 0.5) is 23.4 Å². The number of nitrogens with one attached hydrogen (secondary N) is 2. The summed E-state index contributed by atoms with van der Waals surface area (Å²) in [7, 11) is 0. The summed E-state index contributed by atoms with van der Waals surface area (Å²) >= 11 is 0. The van der Waals surface area contributed by atoms with Gasteiger partial charge in [-0.25, -0.2) is 9.37 Å². The topological polar surface area (TPSA) is 91.7 Å². The number of carbonyl (C=O) groups is 1. The first-order valence-corrected chi connectivity index (χ1v) is 10.9. The molecule has 1 aliphatic carbocycles. The van der Waals surface area contributed by atoms with Gasteiger partial charge in [0.1, 0.15) is 5.82 Å². The number of H-pyrrole nitrogens is 1. The molecule has 3 aromatic rings. The van der Waals surface area contributed by atoms with Gasteiger partial charge in [0, 0.05) is 17.6 Å². The standard InChI is InChI=1S/C22H23F4N7O/c1-12-14(3-6-18(28-12)32-10-21(23,11-32)22(24,25)26)8-33-9-15(7-27-33)20(34)29-17-5-4-16-13(2)30-31-19(16)17/h3,6-7,9,17H,4-5,8,10-11H2,1-2H3,(H,29,34)(H,30,31)/t17-/m1/s1. The van der Waals surface area contributed by atoms with Crippen molar-refractivity contribution in [1.29, 1.82) is 0 Å². The number of halogens is 4. The average Bonchev–Trinajstić information content (AvgIpc) is 3.46. The van der Waals surface area contributed by atoms with Gasteiger partial charge in [0.2, 0.25) is 5.67 Å². The van der Waals surface area contributed by atoms with Crippen LogP contribution in [0, 0.1) is 13.8 Å². The molecule has 1 atom stereocenters. The molecule has 0 unspecified atom stereocenters. The fourth-order valence-electron chi connectivity index (χ4n) is 4.44. The number of nitrogens with zero attached hydrogens (tertiary/aromatic N) is 5. The average molecular weight is 477 g/mol. The lowest BCUT2D eigenvalue weighted by atomic mass is 9.95. The summed E-state index contributed by atoms with van der Waals surface area (Å²) in [5.74, 6) is 0.0518. The first-order valence-electron chi connectivity index (χ1n) is 10.9. The van der Waals surface area contributed by atoms with Crippen LogP contribution in [0.1, 0.15) is 51.0 Å². The van der Waals surface area contributed by atoms with E-state index in [0.717, 1.165) is 35.4 Å². The summed E-state index contributed by atoms with van der Waals surface area (Å²) in [6.07, 6.45) is -0.113. The Labute approximate surface area is 192 Å². The molecule has 34 heavy (non-hydrogen) atoms. The second kappa shape index (κ2) is 7.81. The molecule has 12 heteroatoms. The summed E-state index contributed by atoms with van der Waals surface area (Å²) in [6, 6.07) is 3.15. The van der Waals surface area contributed by atoms with Crippen molar-refractivity contribution in [2.24, 2.45) is 0 Å². The summed E-state index contributed by atoms with van der Waals surface area (Å²) in [6.45, 7) is 2.49. The van der Waals surface area contributed by atoms with E-state index >= 15 is 0 Å². The highest BCUT2D eigenvalue weighted by Gasteiger charge is 2.63. The molecule has 2 aliphatic rings. The molecule has 2 N–H and O–H groups in total. The Morgan fingerprint density at radius 1 is 1.29 bits per heavy atom. The number of rotatable bonds is 5. The lowest BCUT2D eigenvalue weighted by molar-refractivity contribution is -0.237. The van der Waals surface area contributed by atoms with Crippen molar-refractivity contribution in [2.45, 2.75) is 51.1 Å². The van der Waals surface area contributed by atoms with Gasteiger partial charge in [0.15, 0.2) is 0 Å². The van der Waals surface area contributed by atoms with Gasteiger partial charge in [-0.3, -0.25) is 14.6 Å². The van der Waals surface area contributed by atoms with Gasteiger partial charge in [0.05, 0.1) is 43.1 Å². The normalized spacial score (nSPS) is 19.1. The molecule has 180 valence electrons. The highest BCUT2D eigenvalue weighted by Crippen LogP contribution is 2.42. The van der Waals surface area contributed by atoms with Crippen LogP contribution in [0.25, 0.3) is 0 Å². The van der Waals surface area contributed by atoms with E-state index in [1.165, 1.54) is 11.1 Å². The number of aromatic nitrogens is 5. The van der Waals surface area contributed by atoms with E-state index in [1.54, 1.807) is 29.9 Å². The van der Waals surface area contributed by atoms with Gasteiger partial charge in [-0.15, -0.1) is 0 Å². The molecule has 0 spiro atoms. The number of hydrogen-bond donors (Lipinski definition) is 2. The second-order valence-electron chi connectivity index (χ2n) is 8.94. The SMILES string of the molecule is Cc1nc(N2CC(F)(C(F)(F)F)C2)ccc1Cn1cc(C(=O)N[C@@H]2CCc3c2n[nH]c3C)cn1. The minimum Gasteiger partial charge on any atom is -0.349 e. The van der Waals surface area contributed by atoms with E-state index in [2.05, 4.69) is 25.6 Å². The number of hydrogen-bond acceptors (Lipinski definition) is 5. The molecule has 0 radical (unpaired) electrons. The van der Waals surface area contributed by atoms with E-state index in [0.29, 0.717) is 23.6 Å². The maximum absolute atomic E-state index is 13.8. The number of amides is 1. The summed E-state index contributed by atoms with van der Waals surface area (Å²) in [4.78, 5) is 18.3. The van der Waals surface area contributed by atoms with Crippen LogP contribution in [-0.2, 0) is 13.0 Å². The van der Waals surface area contributed by atoms with Crippen LogP contribution in [0.15, 0.2) is 24.5 Å². The fourth-order valence-corrected chi connectivity index (χ4v) is 4.44. The van der Waals surface area contributed by atoms with Crippen molar-refractivity contribution in [3.8, 4) is 0 Å². The van der Waals surface area contributed by atoms with E-state index in [9.17, 15) is 22.4 Å². The molecule has 1 fully saturated rings. The molecule has 5 rings (SSSR count). The molecule has 4 heterocycles. The van der Waals surface area contributed by atoms with Crippen molar-refractivity contribution in [2.75, 3.05) is 18.0 Å². The van der Waals surface area contributed by atoms with Crippen molar-refractivity contribution in [1.82, 2.24) is 30.3 Å². The Kier molecular flexibility index (Phi) is 5.14. The number of alkyl halides is 4. The predicted octanol–water partition coefficient (Wildman–Crippen LogP) is 3.17. The minimum atomic E-state index is -4.89. The Morgan fingerprint density at radius 2 is 2.06 bits per heavy atom. The molecule has 0 bridgehead atoms. The number of carbonyl (C=O) groups excluding carboxylic acids is 1. The maximum Gasteiger partial charge on any atom is 0.426 e. The molecule has 3 aromatic heterocycles. The van der Waals surface area contributed by atoms with Crippen LogP contribution in [0.3, 0.4) is 0 Å². The van der Waals surface area contributed by atoms with Crippen LogP contribution >= 0.6 is 0 Å². The Bertz CT molecular complexity index is 1240. The number of pyridine rings is 1. The molecular formula is C22H23F4N7O. The van der Waals surface area contributed by atoms with Gasteiger partial charge in [-0.1, -0.05) is 6.07 Å². The Balaban J connectivity index is 1.21. The van der Waals surface area contributed by atoms with Crippen LogP contribution in [0.2, 0.25) is 0 Å². The van der Waals surface area contributed by atoms with Crippen molar-refractivity contribution >= 4 is 11.7 Å². The van der Waals surface area contributed by atoms with Gasteiger partial charge in [-0.05, 0) is 43.9 Å². The molecule has 1 saturated heterocycles. The predicted molar refractivity (Wildman–Crippen MR) is 114 cm³/mol. The number of aromatic amines is 1. The van der Waals surface area contributed by atoms with Gasteiger partial charge >= 0.3 is 6.18 Å². The Hall–Kier alpha value is -3.44. The minimum absolute atomic E-state index is 0.142. The van der Waals surface area contributed by atoms with E-state index in [-0.39, 0.29) is 11.9 Å². The molecule has 1 aliphatic heterocycles. The van der Waals surface area contributed by atoms with E-state index in [4.69, 9.17) is 0 Å². The van der Waals surface area contributed by atoms with Crippen molar-refractivity contribution < 1.29 is 22.4 Å². The largest absolute Gasteiger partial charge is 0.426 e. The van der Waals surface area contributed by atoms with Crippen LogP contribution in [-0.4, -0.2) is 55.8 Å². The van der Waals surface area contributed by atoms with Crippen LogP contribution < -0.4 is 10.2 Å². The smallest absolute Gasteiger partial charge is 0.349 e. The number of fused-ring (bicyclic) bond motifs is 1. The third-order valence-electron chi connectivity index (χ3n) is 6.55. The first-order chi connectivity index (χ1) is 16.0. The molecule has 1 amide bonds. The Morgan fingerprint density at radius 3 is 2.76 bits per heavy atom. The third kappa shape index (κ3) is 3.80. The molecular weight excluding hydrogens is 454 g/mol. The van der Waals surface area contributed by atoms with Crippen LogP contribution in [0.5, 0.6) is 0 Å². The first kappa shape index (κ1) is 22.4. The highest BCUT2D eigenvalue weighted by molar-refractivity contribution is 5.94. The molecule has 0 saturated carbocycles. The quantitative estimate of drug-likeness (QED) is 0.551. The number of anilines is 1. The summed E-state index contributed by atoms with van der Waals surface area (Å²) in [5, 5.41) is 14.5. The number of aryl methyl sites for hydroxylation is 2. The summed E-state index contributed by atoms with van der Waals surface area (Å²) in [5.41, 5.74) is 1.65. The van der Waals surface area contributed by atoms with Gasteiger partial charge in [-0.2, -0.15) is 23.4 Å². The zero-order valence-corrected chi connectivity index (χ0v) is 18.6. The molecule has 8 nitrogen and oxygen atoms in total.